The molecule has 2 nitrogen and oxygen atoms in total. The average Bonchev–Trinajstić information content (AvgIpc) is 2.25. The summed E-state index contributed by atoms with van der Waals surface area (Å²) in [5, 5.41) is 0. The summed E-state index contributed by atoms with van der Waals surface area (Å²) >= 11 is 0. The second-order valence-corrected chi connectivity index (χ2v) is 4.38. The third-order valence-electron chi connectivity index (χ3n) is 3.13. The van der Waals surface area contributed by atoms with Gasteiger partial charge in [-0.2, -0.15) is 0 Å². The fourth-order valence-corrected chi connectivity index (χ4v) is 2.16. The molecular weight excluding hydrogens is 174 g/mol. The molecule has 84 valence electrons. The van der Waals surface area contributed by atoms with E-state index in [1.165, 1.54) is 32.1 Å². The van der Waals surface area contributed by atoms with Gasteiger partial charge in [0.05, 0.1) is 6.61 Å². The van der Waals surface area contributed by atoms with Gasteiger partial charge in [0.25, 0.3) is 0 Å². The topological polar surface area (TPSA) is 12.5 Å². The third kappa shape index (κ3) is 4.43. The maximum Gasteiger partial charge on any atom is 0.0593 e. The minimum Gasteiger partial charge on any atom is -0.380 e. The van der Waals surface area contributed by atoms with Crippen molar-refractivity contribution in [1.29, 1.82) is 0 Å². The largest absolute Gasteiger partial charge is 0.380 e. The van der Waals surface area contributed by atoms with Crippen LogP contribution in [-0.2, 0) is 4.74 Å². The standard InChI is InChI=1S/C12H25NO/c1-3-10-14-11-9-13(2)12-7-5-4-6-8-12/h12H,3-11H2,1-2H3. The van der Waals surface area contributed by atoms with E-state index in [0.29, 0.717) is 0 Å². The van der Waals surface area contributed by atoms with E-state index >= 15 is 0 Å². The molecule has 0 heterocycles. The molecule has 1 aliphatic rings. The molecule has 1 fully saturated rings. The van der Waals surface area contributed by atoms with Crippen molar-refractivity contribution in [3.05, 3.63) is 0 Å². The molecule has 0 aliphatic heterocycles. The second kappa shape index (κ2) is 7.24. The molecule has 1 aliphatic carbocycles. The predicted octanol–water partition coefficient (Wildman–Crippen LogP) is 2.68. The molecule has 0 saturated heterocycles. The Morgan fingerprint density at radius 1 is 1.14 bits per heavy atom. The van der Waals surface area contributed by atoms with Crippen LogP contribution in [0.4, 0.5) is 0 Å². The summed E-state index contributed by atoms with van der Waals surface area (Å²) in [4.78, 5) is 2.48. The van der Waals surface area contributed by atoms with Crippen LogP contribution in [0.1, 0.15) is 45.4 Å². The monoisotopic (exact) mass is 199 g/mol. The zero-order valence-corrected chi connectivity index (χ0v) is 9.80. The molecular formula is C12H25NO. The average molecular weight is 199 g/mol. The van der Waals surface area contributed by atoms with E-state index in [9.17, 15) is 0 Å². The lowest BCUT2D eigenvalue weighted by Crippen LogP contribution is -2.35. The van der Waals surface area contributed by atoms with Crippen LogP contribution in [0, 0.1) is 0 Å². The number of likely N-dealkylation sites (N-methyl/N-ethyl adjacent to an activating group) is 1. The van der Waals surface area contributed by atoms with Crippen molar-refractivity contribution in [3.8, 4) is 0 Å². The fraction of sp³-hybridized carbons (Fsp3) is 1.00. The first-order valence-corrected chi connectivity index (χ1v) is 6.12. The van der Waals surface area contributed by atoms with Crippen LogP contribution in [0.15, 0.2) is 0 Å². The van der Waals surface area contributed by atoms with Crippen molar-refractivity contribution in [2.75, 3.05) is 26.8 Å². The highest BCUT2D eigenvalue weighted by Crippen LogP contribution is 2.21. The van der Waals surface area contributed by atoms with Crippen LogP contribution < -0.4 is 0 Å². The first kappa shape index (κ1) is 12.0. The van der Waals surface area contributed by atoms with Crippen molar-refractivity contribution in [3.63, 3.8) is 0 Å². The smallest absolute Gasteiger partial charge is 0.0593 e. The summed E-state index contributed by atoms with van der Waals surface area (Å²) in [6, 6.07) is 0.828. The lowest BCUT2D eigenvalue weighted by atomic mass is 9.94. The normalized spacial score (nSPS) is 19.1. The van der Waals surface area contributed by atoms with Gasteiger partial charge in [0.2, 0.25) is 0 Å². The SMILES string of the molecule is CCCOCCN(C)C1CCCCC1. The highest BCUT2D eigenvalue weighted by atomic mass is 16.5. The van der Waals surface area contributed by atoms with Crippen molar-refractivity contribution in [2.24, 2.45) is 0 Å². The summed E-state index contributed by atoms with van der Waals surface area (Å²) in [5.74, 6) is 0. The number of hydrogen-bond acceptors (Lipinski definition) is 2. The van der Waals surface area contributed by atoms with Gasteiger partial charge < -0.3 is 9.64 Å². The molecule has 0 aromatic carbocycles. The Kier molecular flexibility index (Phi) is 6.20. The van der Waals surface area contributed by atoms with Gasteiger partial charge in [0.1, 0.15) is 0 Å². The number of hydrogen-bond donors (Lipinski definition) is 0. The van der Waals surface area contributed by atoms with Crippen LogP contribution in [0.5, 0.6) is 0 Å². The summed E-state index contributed by atoms with van der Waals surface area (Å²) in [7, 11) is 2.24. The Morgan fingerprint density at radius 3 is 2.50 bits per heavy atom. The highest BCUT2D eigenvalue weighted by molar-refractivity contribution is 4.73. The predicted molar refractivity (Wildman–Crippen MR) is 60.6 cm³/mol. The maximum absolute atomic E-state index is 5.50. The summed E-state index contributed by atoms with van der Waals surface area (Å²) < 4.78 is 5.50. The van der Waals surface area contributed by atoms with Gasteiger partial charge in [0.15, 0.2) is 0 Å². The zero-order chi connectivity index (χ0) is 10.2. The number of nitrogens with zero attached hydrogens (tertiary/aromatic N) is 1. The van der Waals surface area contributed by atoms with Crippen LogP contribution in [-0.4, -0.2) is 37.7 Å². The van der Waals surface area contributed by atoms with E-state index < -0.39 is 0 Å². The Labute approximate surface area is 88.6 Å². The quantitative estimate of drug-likeness (QED) is 0.610. The van der Waals surface area contributed by atoms with E-state index in [-0.39, 0.29) is 0 Å². The summed E-state index contributed by atoms with van der Waals surface area (Å²) in [6.07, 6.45) is 8.20. The first-order chi connectivity index (χ1) is 6.84. The van der Waals surface area contributed by atoms with Crippen molar-refractivity contribution >= 4 is 0 Å². The molecule has 0 N–H and O–H groups in total. The van der Waals surface area contributed by atoms with Gasteiger partial charge in [-0.15, -0.1) is 0 Å². The molecule has 0 atom stereocenters. The molecule has 14 heavy (non-hydrogen) atoms. The second-order valence-electron chi connectivity index (χ2n) is 4.38. The lowest BCUT2D eigenvalue weighted by Gasteiger charge is -2.30. The summed E-state index contributed by atoms with van der Waals surface area (Å²) in [6.45, 7) is 5.08. The highest BCUT2D eigenvalue weighted by Gasteiger charge is 2.17. The number of ether oxygens (including phenoxy) is 1. The summed E-state index contributed by atoms with van der Waals surface area (Å²) in [5.41, 5.74) is 0. The molecule has 0 bridgehead atoms. The van der Waals surface area contributed by atoms with Crippen LogP contribution >= 0.6 is 0 Å². The van der Waals surface area contributed by atoms with Gasteiger partial charge >= 0.3 is 0 Å². The molecule has 0 radical (unpaired) electrons. The minimum absolute atomic E-state index is 0.828. The maximum atomic E-state index is 5.50. The van der Waals surface area contributed by atoms with E-state index in [0.717, 1.165) is 32.2 Å². The van der Waals surface area contributed by atoms with Crippen molar-refractivity contribution in [1.82, 2.24) is 4.90 Å². The van der Waals surface area contributed by atoms with Crippen LogP contribution in [0.2, 0.25) is 0 Å². The van der Waals surface area contributed by atoms with E-state index in [1.807, 2.05) is 0 Å². The molecule has 0 aromatic heterocycles. The van der Waals surface area contributed by atoms with Gasteiger partial charge in [-0.3, -0.25) is 0 Å². The first-order valence-electron chi connectivity index (χ1n) is 6.12. The molecule has 0 amide bonds. The lowest BCUT2D eigenvalue weighted by molar-refractivity contribution is 0.0902. The molecule has 0 spiro atoms. The van der Waals surface area contributed by atoms with Crippen LogP contribution in [0.25, 0.3) is 0 Å². The molecule has 2 heteroatoms. The Hall–Kier alpha value is -0.0800. The van der Waals surface area contributed by atoms with Gasteiger partial charge in [-0.1, -0.05) is 26.2 Å². The van der Waals surface area contributed by atoms with Gasteiger partial charge in [-0.25, -0.2) is 0 Å². The van der Waals surface area contributed by atoms with Crippen molar-refractivity contribution in [2.45, 2.75) is 51.5 Å². The van der Waals surface area contributed by atoms with Gasteiger partial charge in [0, 0.05) is 19.2 Å². The molecule has 0 aromatic rings. The Balaban J connectivity index is 2.04. The van der Waals surface area contributed by atoms with Crippen LogP contribution in [0.3, 0.4) is 0 Å². The van der Waals surface area contributed by atoms with Gasteiger partial charge in [-0.05, 0) is 26.3 Å². The third-order valence-corrected chi connectivity index (χ3v) is 3.13. The Bertz CT molecular complexity index is 132. The minimum atomic E-state index is 0.828. The number of rotatable bonds is 6. The zero-order valence-electron chi connectivity index (χ0n) is 9.80. The van der Waals surface area contributed by atoms with E-state index in [1.54, 1.807) is 0 Å². The van der Waals surface area contributed by atoms with E-state index in [4.69, 9.17) is 4.74 Å². The fourth-order valence-electron chi connectivity index (χ4n) is 2.16. The van der Waals surface area contributed by atoms with Crippen molar-refractivity contribution < 1.29 is 4.74 Å². The molecule has 0 unspecified atom stereocenters. The molecule has 1 rings (SSSR count). The van der Waals surface area contributed by atoms with E-state index in [2.05, 4.69) is 18.9 Å². The Morgan fingerprint density at radius 2 is 1.86 bits per heavy atom. The molecule has 1 saturated carbocycles.